The summed E-state index contributed by atoms with van der Waals surface area (Å²) >= 11 is 1.92. The molecule has 0 fully saturated rings. The van der Waals surface area contributed by atoms with Gasteiger partial charge in [0.1, 0.15) is 11.5 Å². The van der Waals surface area contributed by atoms with E-state index < -0.39 is 0 Å². The van der Waals surface area contributed by atoms with E-state index in [1.54, 1.807) is 14.2 Å². The van der Waals surface area contributed by atoms with E-state index in [9.17, 15) is 0 Å². The molecule has 0 aliphatic carbocycles. The van der Waals surface area contributed by atoms with Crippen molar-refractivity contribution in [1.82, 2.24) is 0 Å². The molecule has 3 rings (SSSR count). The van der Waals surface area contributed by atoms with Gasteiger partial charge in [-0.15, -0.1) is 11.8 Å². The SMILES string of the molecule is COc1ccc(C2(C)CSc3cc(OC)ccc3C2C)cc1. The largest absolute Gasteiger partial charge is 0.497 e. The van der Waals surface area contributed by atoms with Crippen LogP contribution in [0.4, 0.5) is 0 Å². The Morgan fingerprint density at radius 2 is 1.64 bits per heavy atom. The predicted octanol–water partition coefficient (Wildman–Crippen LogP) is 4.87. The number of fused-ring (bicyclic) bond motifs is 1. The van der Waals surface area contributed by atoms with Gasteiger partial charge in [0.2, 0.25) is 0 Å². The molecule has 2 aromatic rings. The number of hydrogen-bond acceptors (Lipinski definition) is 3. The van der Waals surface area contributed by atoms with Crippen LogP contribution in [0.3, 0.4) is 0 Å². The summed E-state index contributed by atoms with van der Waals surface area (Å²) in [6, 6.07) is 14.9. The number of thioether (sulfide) groups is 1. The third-order valence-corrected chi connectivity index (χ3v) is 6.33. The van der Waals surface area contributed by atoms with Gasteiger partial charge >= 0.3 is 0 Å². The molecule has 2 unspecified atom stereocenters. The zero-order chi connectivity index (χ0) is 15.7. The van der Waals surface area contributed by atoms with Crippen LogP contribution < -0.4 is 9.47 Å². The highest BCUT2D eigenvalue weighted by atomic mass is 32.2. The van der Waals surface area contributed by atoms with Crippen LogP contribution in [0.1, 0.15) is 30.9 Å². The van der Waals surface area contributed by atoms with E-state index in [-0.39, 0.29) is 5.41 Å². The molecular weight excluding hydrogens is 292 g/mol. The molecule has 1 aliphatic heterocycles. The molecular formula is C19H22O2S. The van der Waals surface area contributed by atoms with Gasteiger partial charge in [-0.25, -0.2) is 0 Å². The third kappa shape index (κ3) is 2.48. The molecule has 116 valence electrons. The van der Waals surface area contributed by atoms with Crippen molar-refractivity contribution in [3.8, 4) is 11.5 Å². The summed E-state index contributed by atoms with van der Waals surface area (Å²) in [6.07, 6.45) is 0. The van der Waals surface area contributed by atoms with Crippen LogP contribution >= 0.6 is 11.8 Å². The number of benzene rings is 2. The van der Waals surface area contributed by atoms with Gasteiger partial charge < -0.3 is 9.47 Å². The average molecular weight is 314 g/mol. The summed E-state index contributed by atoms with van der Waals surface area (Å²) in [5.74, 6) is 3.38. The van der Waals surface area contributed by atoms with E-state index in [0.29, 0.717) is 5.92 Å². The van der Waals surface area contributed by atoms with Gasteiger partial charge in [-0.2, -0.15) is 0 Å². The van der Waals surface area contributed by atoms with Crippen molar-refractivity contribution >= 4 is 11.8 Å². The first-order chi connectivity index (χ1) is 10.6. The summed E-state index contributed by atoms with van der Waals surface area (Å²) in [5, 5.41) is 0. The second-order valence-electron chi connectivity index (χ2n) is 6.06. The Kier molecular flexibility index (Phi) is 4.09. The van der Waals surface area contributed by atoms with Crippen LogP contribution in [-0.4, -0.2) is 20.0 Å². The first-order valence-electron chi connectivity index (χ1n) is 7.54. The summed E-state index contributed by atoms with van der Waals surface area (Å²) in [6.45, 7) is 4.69. The predicted molar refractivity (Wildman–Crippen MR) is 92.5 cm³/mol. The maximum absolute atomic E-state index is 5.35. The third-order valence-electron chi connectivity index (χ3n) is 4.92. The van der Waals surface area contributed by atoms with Gasteiger partial charge in [0.05, 0.1) is 14.2 Å². The Balaban J connectivity index is 1.97. The molecule has 0 amide bonds. The van der Waals surface area contributed by atoms with Crippen LogP contribution in [0, 0.1) is 0 Å². The van der Waals surface area contributed by atoms with Gasteiger partial charge in [-0.05, 0) is 41.3 Å². The van der Waals surface area contributed by atoms with Gasteiger partial charge in [0.25, 0.3) is 0 Å². The monoisotopic (exact) mass is 314 g/mol. The van der Waals surface area contributed by atoms with E-state index in [1.807, 2.05) is 11.8 Å². The van der Waals surface area contributed by atoms with Crippen molar-refractivity contribution in [2.45, 2.75) is 30.1 Å². The highest BCUT2D eigenvalue weighted by molar-refractivity contribution is 7.99. The molecule has 2 aromatic carbocycles. The molecule has 22 heavy (non-hydrogen) atoms. The topological polar surface area (TPSA) is 18.5 Å². The van der Waals surface area contributed by atoms with Gasteiger partial charge in [-0.1, -0.05) is 32.0 Å². The van der Waals surface area contributed by atoms with Crippen LogP contribution in [0.15, 0.2) is 47.4 Å². The molecule has 0 N–H and O–H groups in total. The molecule has 2 atom stereocenters. The number of hydrogen-bond donors (Lipinski definition) is 0. The number of ether oxygens (including phenoxy) is 2. The van der Waals surface area contributed by atoms with Crippen molar-refractivity contribution in [3.05, 3.63) is 53.6 Å². The van der Waals surface area contributed by atoms with E-state index in [2.05, 4.69) is 56.3 Å². The Hall–Kier alpha value is -1.61. The van der Waals surface area contributed by atoms with Gasteiger partial charge in [-0.3, -0.25) is 0 Å². The second-order valence-corrected chi connectivity index (χ2v) is 7.08. The average Bonchev–Trinajstić information content (AvgIpc) is 2.58. The fourth-order valence-electron chi connectivity index (χ4n) is 3.13. The van der Waals surface area contributed by atoms with Crippen LogP contribution in [0.2, 0.25) is 0 Å². The highest BCUT2D eigenvalue weighted by Crippen LogP contribution is 2.50. The molecule has 1 aliphatic rings. The van der Waals surface area contributed by atoms with Crippen LogP contribution in [0.5, 0.6) is 11.5 Å². The maximum atomic E-state index is 5.35. The minimum atomic E-state index is 0.124. The Morgan fingerprint density at radius 1 is 1.00 bits per heavy atom. The van der Waals surface area contributed by atoms with Crippen molar-refractivity contribution in [2.75, 3.05) is 20.0 Å². The van der Waals surface area contributed by atoms with E-state index in [1.165, 1.54) is 16.0 Å². The Morgan fingerprint density at radius 3 is 2.27 bits per heavy atom. The summed E-state index contributed by atoms with van der Waals surface area (Å²) in [5.41, 5.74) is 2.91. The molecule has 0 bridgehead atoms. The second kappa shape index (κ2) is 5.88. The summed E-state index contributed by atoms with van der Waals surface area (Å²) in [4.78, 5) is 1.35. The van der Waals surface area contributed by atoms with Crippen molar-refractivity contribution < 1.29 is 9.47 Å². The molecule has 3 heteroatoms. The van der Waals surface area contributed by atoms with Crippen molar-refractivity contribution in [2.24, 2.45) is 0 Å². The van der Waals surface area contributed by atoms with Crippen molar-refractivity contribution in [1.29, 1.82) is 0 Å². The van der Waals surface area contributed by atoms with Gasteiger partial charge in [0.15, 0.2) is 0 Å². The van der Waals surface area contributed by atoms with E-state index in [4.69, 9.17) is 9.47 Å². The van der Waals surface area contributed by atoms with Crippen LogP contribution in [0.25, 0.3) is 0 Å². The normalized spacial score (nSPS) is 23.7. The Labute approximate surface area is 136 Å². The molecule has 2 nitrogen and oxygen atoms in total. The van der Waals surface area contributed by atoms with E-state index in [0.717, 1.165) is 17.3 Å². The van der Waals surface area contributed by atoms with E-state index >= 15 is 0 Å². The summed E-state index contributed by atoms with van der Waals surface area (Å²) in [7, 11) is 3.43. The van der Waals surface area contributed by atoms with Crippen LogP contribution in [-0.2, 0) is 5.41 Å². The summed E-state index contributed by atoms with van der Waals surface area (Å²) < 4.78 is 10.6. The molecule has 1 heterocycles. The standard InChI is InChI=1S/C19H22O2S/c1-13-17-10-9-16(21-4)11-18(17)22-12-19(13,2)14-5-7-15(20-3)8-6-14/h5-11,13H,12H2,1-4H3. The lowest BCUT2D eigenvalue weighted by atomic mass is 9.71. The molecule has 0 aromatic heterocycles. The fourth-order valence-corrected chi connectivity index (χ4v) is 4.61. The smallest absolute Gasteiger partial charge is 0.119 e. The maximum Gasteiger partial charge on any atom is 0.119 e. The fraction of sp³-hybridized carbons (Fsp3) is 0.368. The quantitative estimate of drug-likeness (QED) is 0.805. The zero-order valence-corrected chi connectivity index (χ0v) is 14.4. The lowest BCUT2D eigenvalue weighted by molar-refractivity contribution is 0.406. The lowest BCUT2D eigenvalue weighted by Gasteiger charge is -2.41. The van der Waals surface area contributed by atoms with Crippen molar-refractivity contribution in [3.63, 3.8) is 0 Å². The number of rotatable bonds is 3. The molecule has 0 radical (unpaired) electrons. The molecule has 0 saturated heterocycles. The van der Waals surface area contributed by atoms with Gasteiger partial charge in [0, 0.05) is 16.1 Å². The zero-order valence-electron chi connectivity index (χ0n) is 13.6. The minimum Gasteiger partial charge on any atom is -0.497 e. The molecule has 0 spiro atoms. The highest BCUT2D eigenvalue weighted by Gasteiger charge is 2.38. The lowest BCUT2D eigenvalue weighted by Crippen LogP contribution is -2.34. The number of methoxy groups -OCH3 is 2. The first-order valence-corrected chi connectivity index (χ1v) is 8.52. The first kappa shape index (κ1) is 15.3. The molecule has 0 saturated carbocycles. The minimum absolute atomic E-state index is 0.124. The Bertz CT molecular complexity index is 666.